The van der Waals surface area contributed by atoms with Gasteiger partial charge in [-0.3, -0.25) is 4.79 Å². The zero-order chi connectivity index (χ0) is 8.27. The van der Waals surface area contributed by atoms with Crippen molar-refractivity contribution in [3.05, 3.63) is 0 Å². The van der Waals surface area contributed by atoms with Gasteiger partial charge in [-0.1, -0.05) is 0 Å². The minimum absolute atomic E-state index is 0.0419. The molecular weight excluding hydrogens is 140 g/mol. The number of hydrogen-bond acceptors (Lipinski definition) is 2. The van der Waals surface area contributed by atoms with Crippen LogP contribution in [0.1, 0.15) is 12.8 Å². The van der Waals surface area contributed by atoms with E-state index in [1.165, 1.54) is 0 Å². The van der Waals surface area contributed by atoms with Gasteiger partial charge in [0, 0.05) is 19.5 Å². The Morgan fingerprint density at radius 3 is 3.00 bits per heavy atom. The fourth-order valence-electron chi connectivity index (χ4n) is 1.18. The average Bonchev–Trinajstić information content (AvgIpc) is 2.31. The molecule has 1 heterocycles. The monoisotopic (exact) mass is 152 g/mol. The van der Waals surface area contributed by atoms with E-state index in [2.05, 4.69) is 5.92 Å². The number of likely N-dealkylation sites (tertiary alicyclic amines) is 1. The molecule has 0 aliphatic carbocycles. The highest BCUT2D eigenvalue weighted by molar-refractivity contribution is 5.83. The minimum Gasteiger partial charge on any atom is -0.340 e. The lowest BCUT2D eigenvalue weighted by Gasteiger charge is -2.13. The van der Waals surface area contributed by atoms with Gasteiger partial charge in [-0.15, -0.1) is 12.3 Å². The summed E-state index contributed by atoms with van der Waals surface area (Å²) in [5.41, 5.74) is 5.50. The molecule has 1 aliphatic rings. The first kappa shape index (κ1) is 8.09. The number of hydrogen-bond donors (Lipinski definition) is 1. The van der Waals surface area contributed by atoms with Crippen LogP contribution in [0.3, 0.4) is 0 Å². The molecular formula is C8H12N2O. The van der Waals surface area contributed by atoms with Gasteiger partial charge >= 0.3 is 0 Å². The first-order valence-corrected chi connectivity index (χ1v) is 3.73. The van der Waals surface area contributed by atoms with Crippen LogP contribution in [0.15, 0.2) is 0 Å². The van der Waals surface area contributed by atoms with Crippen LogP contribution >= 0.6 is 0 Å². The Balaban J connectivity index is 2.38. The summed E-state index contributed by atoms with van der Waals surface area (Å²) in [4.78, 5) is 12.9. The SMILES string of the molecule is C#CCCN1CCC(N)C1=O. The van der Waals surface area contributed by atoms with Crippen molar-refractivity contribution in [1.82, 2.24) is 4.90 Å². The van der Waals surface area contributed by atoms with Crippen LogP contribution < -0.4 is 5.73 Å². The van der Waals surface area contributed by atoms with Gasteiger partial charge in [-0.05, 0) is 6.42 Å². The van der Waals surface area contributed by atoms with Crippen molar-refractivity contribution in [2.24, 2.45) is 5.73 Å². The van der Waals surface area contributed by atoms with E-state index in [9.17, 15) is 4.79 Å². The van der Waals surface area contributed by atoms with E-state index in [-0.39, 0.29) is 11.9 Å². The lowest BCUT2D eigenvalue weighted by Crippen LogP contribution is -2.34. The Morgan fingerprint density at radius 2 is 2.55 bits per heavy atom. The highest BCUT2D eigenvalue weighted by Gasteiger charge is 2.27. The molecule has 1 amide bonds. The number of rotatable bonds is 2. The second-order valence-corrected chi connectivity index (χ2v) is 2.67. The molecule has 0 spiro atoms. The Hall–Kier alpha value is -1.01. The third-order valence-electron chi connectivity index (χ3n) is 1.86. The van der Waals surface area contributed by atoms with Crippen LogP contribution in [0.2, 0.25) is 0 Å². The van der Waals surface area contributed by atoms with Crippen molar-refractivity contribution in [1.29, 1.82) is 0 Å². The maximum absolute atomic E-state index is 11.1. The molecule has 0 radical (unpaired) electrons. The molecule has 0 aromatic rings. The van der Waals surface area contributed by atoms with Gasteiger partial charge in [0.15, 0.2) is 0 Å². The third kappa shape index (κ3) is 1.72. The van der Waals surface area contributed by atoms with Crippen molar-refractivity contribution in [2.75, 3.05) is 13.1 Å². The van der Waals surface area contributed by atoms with Crippen LogP contribution in [-0.2, 0) is 4.79 Å². The van der Waals surface area contributed by atoms with Gasteiger partial charge in [0.05, 0.1) is 6.04 Å². The van der Waals surface area contributed by atoms with Crippen LogP contribution in [-0.4, -0.2) is 29.9 Å². The van der Waals surface area contributed by atoms with Gasteiger partial charge in [0.25, 0.3) is 0 Å². The van der Waals surface area contributed by atoms with Crippen molar-refractivity contribution in [3.63, 3.8) is 0 Å². The molecule has 1 atom stereocenters. The molecule has 1 rings (SSSR count). The molecule has 1 unspecified atom stereocenters. The maximum atomic E-state index is 11.1. The maximum Gasteiger partial charge on any atom is 0.239 e. The molecule has 1 aliphatic heterocycles. The Bertz CT molecular complexity index is 195. The summed E-state index contributed by atoms with van der Waals surface area (Å²) in [6.07, 6.45) is 6.46. The second kappa shape index (κ2) is 3.40. The zero-order valence-electron chi connectivity index (χ0n) is 6.42. The summed E-state index contributed by atoms with van der Waals surface area (Å²) in [5.74, 6) is 2.54. The quantitative estimate of drug-likeness (QED) is 0.546. The van der Waals surface area contributed by atoms with E-state index in [0.717, 1.165) is 13.0 Å². The predicted octanol–water partition coefficient (Wildman–Crippen LogP) is -0.431. The standard InChI is InChI=1S/C8H12N2O/c1-2-3-5-10-6-4-7(9)8(10)11/h1,7H,3-6,9H2. The Labute approximate surface area is 66.5 Å². The summed E-state index contributed by atoms with van der Waals surface area (Å²) in [6, 6.07) is -0.284. The normalized spacial score (nSPS) is 23.8. The number of carbonyl (C=O) groups is 1. The topological polar surface area (TPSA) is 46.3 Å². The molecule has 60 valence electrons. The molecule has 0 aromatic heterocycles. The van der Waals surface area contributed by atoms with E-state index in [4.69, 9.17) is 12.2 Å². The second-order valence-electron chi connectivity index (χ2n) is 2.67. The van der Waals surface area contributed by atoms with E-state index < -0.39 is 0 Å². The molecule has 0 bridgehead atoms. The summed E-state index contributed by atoms with van der Waals surface area (Å²) < 4.78 is 0. The molecule has 1 fully saturated rings. The van der Waals surface area contributed by atoms with E-state index in [0.29, 0.717) is 13.0 Å². The van der Waals surface area contributed by atoms with Gasteiger partial charge in [-0.2, -0.15) is 0 Å². The first-order valence-electron chi connectivity index (χ1n) is 3.73. The van der Waals surface area contributed by atoms with Crippen LogP contribution in [0.4, 0.5) is 0 Å². The molecule has 0 aromatic carbocycles. The Morgan fingerprint density at radius 1 is 1.82 bits per heavy atom. The molecule has 2 N–H and O–H groups in total. The van der Waals surface area contributed by atoms with Crippen LogP contribution in [0, 0.1) is 12.3 Å². The van der Waals surface area contributed by atoms with Crippen molar-refractivity contribution < 1.29 is 4.79 Å². The van der Waals surface area contributed by atoms with E-state index in [1.807, 2.05) is 0 Å². The minimum atomic E-state index is -0.284. The predicted molar refractivity (Wildman–Crippen MR) is 42.6 cm³/mol. The van der Waals surface area contributed by atoms with Crippen LogP contribution in [0.5, 0.6) is 0 Å². The number of carbonyl (C=O) groups excluding carboxylic acids is 1. The largest absolute Gasteiger partial charge is 0.340 e. The van der Waals surface area contributed by atoms with Gasteiger partial charge < -0.3 is 10.6 Å². The molecule has 0 saturated carbocycles. The van der Waals surface area contributed by atoms with Crippen molar-refractivity contribution in [2.45, 2.75) is 18.9 Å². The first-order chi connectivity index (χ1) is 5.25. The van der Waals surface area contributed by atoms with Gasteiger partial charge in [0.2, 0.25) is 5.91 Å². The third-order valence-corrected chi connectivity index (χ3v) is 1.86. The van der Waals surface area contributed by atoms with Crippen molar-refractivity contribution >= 4 is 5.91 Å². The molecule has 1 saturated heterocycles. The summed E-state index contributed by atoms with van der Waals surface area (Å²) in [5, 5.41) is 0. The van der Waals surface area contributed by atoms with Gasteiger partial charge in [-0.25, -0.2) is 0 Å². The summed E-state index contributed by atoms with van der Waals surface area (Å²) >= 11 is 0. The van der Waals surface area contributed by atoms with E-state index >= 15 is 0 Å². The van der Waals surface area contributed by atoms with E-state index in [1.54, 1.807) is 4.90 Å². The smallest absolute Gasteiger partial charge is 0.239 e. The highest BCUT2D eigenvalue weighted by Crippen LogP contribution is 2.08. The molecule has 11 heavy (non-hydrogen) atoms. The zero-order valence-corrected chi connectivity index (χ0v) is 6.42. The Kier molecular flexibility index (Phi) is 2.50. The number of amides is 1. The number of nitrogens with two attached hydrogens (primary N) is 1. The number of nitrogens with zero attached hydrogens (tertiary/aromatic N) is 1. The van der Waals surface area contributed by atoms with Crippen molar-refractivity contribution in [3.8, 4) is 12.3 Å². The lowest BCUT2D eigenvalue weighted by atomic mass is 10.3. The summed E-state index contributed by atoms with van der Waals surface area (Å²) in [7, 11) is 0. The molecule has 3 nitrogen and oxygen atoms in total. The average molecular weight is 152 g/mol. The van der Waals surface area contributed by atoms with Gasteiger partial charge in [0.1, 0.15) is 0 Å². The summed E-state index contributed by atoms with van der Waals surface area (Å²) in [6.45, 7) is 1.42. The molecule has 3 heteroatoms. The number of terminal acetylenes is 1. The lowest BCUT2D eigenvalue weighted by molar-refractivity contribution is -0.128. The fraction of sp³-hybridized carbons (Fsp3) is 0.625. The fourth-order valence-corrected chi connectivity index (χ4v) is 1.18. The van der Waals surface area contributed by atoms with Crippen LogP contribution in [0.25, 0.3) is 0 Å². The highest BCUT2D eigenvalue weighted by atomic mass is 16.2.